The second kappa shape index (κ2) is 4.65. The highest BCUT2D eigenvalue weighted by Crippen LogP contribution is 2.23. The Labute approximate surface area is 103 Å². The zero-order valence-electron chi connectivity index (χ0n) is 10.9. The van der Waals surface area contributed by atoms with Crippen molar-refractivity contribution in [1.29, 1.82) is 0 Å². The molecule has 0 heterocycles. The standard InChI is InChI=1S/C13H21N3O/c1-13(2,3)8-16(4)9-5-6-11(14)10(7-9)12(15)17/h5-7H,8,14H2,1-4H3,(H2,15,17). The SMILES string of the molecule is CN(CC(C)(C)C)c1ccc(N)c(C(N)=O)c1. The summed E-state index contributed by atoms with van der Waals surface area (Å²) in [6.45, 7) is 7.37. The molecule has 0 aromatic heterocycles. The third kappa shape index (κ3) is 3.66. The predicted molar refractivity (Wildman–Crippen MR) is 72.1 cm³/mol. The molecule has 0 atom stereocenters. The van der Waals surface area contributed by atoms with Gasteiger partial charge in [-0.2, -0.15) is 0 Å². The molecule has 17 heavy (non-hydrogen) atoms. The molecule has 0 fully saturated rings. The van der Waals surface area contributed by atoms with Crippen LogP contribution in [0.4, 0.5) is 11.4 Å². The molecule has 4 heteroatoms. The topological polar surface area (TPSA) is 72.3 Å². The van der Waals surface area contributed by atoms with Crippen LogP contribution in [0, 0.1) is 5.41 Å². The van der Waals surface area contributed by atoms with Gasteiger partial charge in [0, 0.05) is 25.0 Å². The van der Waals surface area contributed by atoms with Crippen LogP contribution in [0.2, 0.25) is 0 Å². The molecular formula is C13H21N3O. The van der Waals surface area contributed by atoms with Crippen LogP contribution in [0.3, 0.4) is 0 Å². The summed E-state index contributed by atoms with van der Waals surface area (Å²) >= 11 is 0. The first-order valence-corrected chi connectivity index (χ1v) is 5.61. The lowest BCUT2D eigenvalue weighted by Crippen LogP contribution is -2.29. The second-order valence-electron chi connectivity index (χ2n) is 5.55. The number of carbonyl (C=O) groups is 1. The molecule has 0 aliphatic carbocycles. The minimum atomic E-state index is -0.492. The maximum Gasteiger partial charge on any atom is 0.250 e. The number of nitrogens with two attached hydrogens (primary N) is 2. The van der Waals surface area contributed by atoms with E-state index in [2.05, 4.69) is 25.7 Å². The summed E-state index contributed by atoms with van der Waals surface area (Å²) in [6.07, 6.45) is 0. The highest BCUT2D eigenvalue weighted by atomic mass is 16.1. The van der Waals surface area contributed by atoms with E-state index in [4.69, 9.17) is 11.5 Å². The van der Waals surface area contributed by atoms with Crippen molar-refractivity contribution in [2.75, 3.05) is 24.2 Å². The molecular weight excluding hydrogens is 214 g/mol. The van der Waals surface area contributed by atoms with E-state index in [1.807, 2.05) is 13.1 Å². The van der Waals surface area contributed by atoms with Crippen LogP contribution in [0.25, 0.3) is 0 Å². The van der Waals surface area contributed by atoms with Crippen molar-refractivity contribution in [1.82, 2.24) is 0 Å². The van der Waals surface area contributed by atoms with Crippen molar-refractivity contribution >= 4 is 17.3 Å². The largest absolute Gasteiger partial charge is 0.398 e. The highest BCUT2D eigenvalue weighted by molar-refractivity contribution is 5.99. The number of amides is 1. The molecule has 4 N–H and O–H groups in total. The average Bonchev–Trinajstić information content (AvgIpc) is 2.14. The highest BCUT2D eigenvalue weighted by Gasteiger charge is 2.15. The number of benzene rings is 1. The monoisotopic (exact) mass is 235 g/mol. The molecule has 1 rings (SSSR count). The van der Waals surface area contributed by atoms with Gasteiger partial charge in [0.1, 0.15) is 0 Å². The molecule has 4 nitrogen and oxygen atoms in total. The molecule has 0 unspecified atom stereocenters. The van der Waals surface area contributed by atoms with Gasteiger partial charge in [0.25, 0.3) is 5.91 Å². The molecule has 1 amide bonds. The fourth-order valence-electron chi connectivity index (χ4n) is 1.80. The summed E-state index contributed by atoms with van der Waals surface area (Å²) in [4.78, 5) is 13.3. The van der Waals surface area contributed by atoms with E-state index in [1.165, 1.54) is 0 Å². The molecule has 0 aliphatic rings. The predicted octanol–water partition coefficient (Wildman–Crippen LogP) is 1.85. The quantitative estimate of drug-likeness (QED) is 0.785. The van der Waals surface area contributed by atoms with Gasteiger partial charge in [0.2, 0.25) is 0 Å². The van der Waals surface area contributed by atoms with E-state index in [0.717, 1.165) is 12.2 Å². The Morgan fingerprint density at radius 2 is 1.94 bits per heavy atom. The molecule has 0 aliphatic heterocycles. The summed E-state index contributed by atoms with van der Waals surface area (Å²) in [5.74, 6) is -0.492. The van der Waals surface area contributed by atoms with Crippen LogP contribution in [-0.4, -0.2) is 19.5 Å². The van der Waals surface area contributed by atoms with Gasteiger partial charge in [-0.25, -0.2) is 0 Å². The summed E-state index contributed by atoms with van der Waals surface area (Å²) in [5, 5.41) is 0. The van der Waals surface area contributed by atoms with E-state index in [1.54, 1.807) is 12.1 Å². The van der Waals surface area contributed by atoms with Gasteiger partial charge in [0.15, 0.2) is 0 Å². The van der Waals surface area contributed by atoms with Crippen LogP contribution < -0.4 is 16.4 Å². The lowest BCUT2D eigenvalue weighted by atomic mass is 9.96. The maximum absolute atomic E-state index is 11.2. The summed E-state index contributed by atoms with van der Waals surface area (Å²) < 4.78 is 0. The van der Waals surface area contributed by atoms with E-state index in [0.29, 0.717) is 11.3 Å². The van der Waals surface area contributed by atoms with Crippen molar-refractivity contribution in [2.24, 2.45) is 11.1 Å². The Morgan fingerprint density at radius 1 is 1.35 bits per heavy atom. The van der Waals surface area contributed by atoms with E-state index in [9.17, 15) is 4.79 Å². The number of hydrogen-bond acceptors (Lipinski definition) is 3. The number of nitrogens with zero attached hydrogens (tertiary/aromatic N) is 1. The molecule has 0 saturated heterocycles. The summed E-state index contributed by atoms with van der Waals surface area (Å²) in [5.41, 5.74) is 12.9. The van der Waals surface area contributed by atoms with E-state index in [-0.39, 0.29) is 5.41 Å². The van der Waals surface area contributed by atoms with Crippen molar-refractivity contribution in [2.45, 2.75) is 20.8 Å². The number of carbonyl (C=O) groups excluding carboxylic acids is 1. The van der Waals surface area contributed by atoms with Gasteiger partial charge in [-0.1, -0.05) is 20.8 Å². The smallest absolute Gasteiger partial charge is 0.250 e. The van der Waals surface area contributed by atoms with Crippen molar-refractivity contribution < 1.29 is 4.79 Å². The van der Waals surface area contributed by atoms with Gasteiger partial charge in [-0.15, -0.1) is 0 Å². The normalized spacial score (nSPS) is 11.3. The van der Waals surface area contributed by atoms with Crippen LogP contribution in [0.5, 0.6) is 0 Å². The zero-order valence-corrected chi connectivity index (χ0v) is 10.9. The van der Waals surface area contributed by atoms with Crippen LogP contribution in [0.15, 0.2) is 18.2 Å². The number of hydrogen-bond donors (Lipinski definition) is 2. The molecule has 0 bridgehead atoms. The Hall–Kier alpha value is -1.71. The van der Waals surface area contributed by atoms with Gasteiger partial charge >= 0.3 is 0 Å². The molecule has 1 aromatic rings. The Balaban J connectivity index is 3.00. The van der Waals surface area contributed by atoms with E-state index >= 15 is 0 Å². The summed E-state index contributed by atoms with van der Waals surface area (Å²) in [7, 11) is 1.99. The maximum atomic E-state index is 11.2. The molecule has 0 spiro atoms. The van der Waals surface area contributed by atoms with Crippen LogP contribution in [-0.2, 0) is 0 Å². The third-order valence-electron chi connectivity index (χ3n) is 2.45. The lowest BCUT2D eigenvalue weighted by molar-refractivity contribution is 0.100. The Bertz CT molecular complexity index is 421. The lowest BCUT2D eigenvalue weighted by Gasteiger charge is -2.28. The van der Waals surface area contributed by atoms with Crippen LogP contribution in [0.1, 0.15) is 31.1 Å². The minimum Gasteiger partial charge on any atom is -0.398 e. The number of anilines is 2. The third-order valence-corrected chi connectivity index (χ3v) is 2.45. The number of nitrogen functional groups attached to an aromatic ring is 1. The fraction of sp³-hybridized carbons (Fsp3) is 0.462. The van der Waals surface area contributed by atoms with E-state index < -0.39 is 5.91 Å². The second-order valence-corrected chi connectivity index (χ2v) is 5.55. The average molecular weight is 235 g/mol. The fourth-order valence-corrected chi connectivity index (χ4v) is 1.80. The van der Waals surface area contributed by atoms with Crippen molar-refractivity contribution in [3.05, 3.63) is 23.8 Å². The van der Waals surface area contributed by atoms with Gasteiger partial charge in [-0.3, -0.25) is 4.79 Å². The minimum absolute atomic E-state index is 0.184. The van der Waals surface area contributed by atoms with Crippen LogP contribution >= 0.6 is 0 Å². The van der Waals surface area contributed by atoms with Gasteiger partial charge < -0.3 is 16.4 Å². The number of primary amides is 1. The molecule has 0 radical (unpaired) electrons. The van der Waals surface area contributed by atoms with Crippen molar-refractivity contribution in [3.8, 4) is 0 Å². The zero-order chi connectivity index (χ0) is 13.2. The first-order chi connectivity index (χ1) is 7.70. The van der Waals surface area contributed by atoms with Gasteiger partial charge in [0.05, 0.1) is 5.56 Å². The molecule has 1 aromatic carbocycles. The first kappa shape index (κ1) is 13.4. The van der Waals surface area contributed by atoms with Crippen molar-refractivity contribution in [3.63, 3.8) is 0 Å². The molecule has 0 saturated carbocycles. The summed E-state index contributed by atoms with van der Waals surface area (Å²) in [6, 6.07) is 5.35. The van der Waals surface area contributed by atoms with Gasteiger partial charge in [-0.05, 0) is 23.6 Å². The Morgan fingerprint density at radius 3 is 2.41 bits per heavy atom. The molecule has 94 valence electrons. The Kier molecular flexibility index (Phi) is 3.66. The first-order valence-electron chi connectivity index (χ1n) is 5.61. The number of rotatable bonds is 3.